The fraction of sp³-hybridized carbons (Fsp3) is 0.308. The van der Waals surface area contributed by atoms with Crippen LogP contribution in [0.25, 0.3) is 0 Å². The first-order valence-electron chi connectivity index (χ1n) is 6.16. The summed E-state index contributed by atoms with van der Waals surface area (Å²) in [6.45, 7) is 2.92. The Labute approximate surface area is 122 Å². The third-order valence-corrected chi connectivity index (χ3v) is 3.05. The Hall–Kier alpha value is -2.08. The Morgan fingerprint density at radius 1 is 1.50 bits per heavy atom. The average Bonchev–Trinajstić information content (AvgIpc) is 3.03. The van der Waals surface area contributed by atoms with Gasteiger partial charge in [0.2, 0.25) is 5.89 Å². The van der Waals surface area contributed by atoms with Gasteiger partial charge < -0.3 is 15.2 Å². The summed E-state index contributed by atoms with van der Waals surface area (Å²) < 4.78 is 4.84. The number of fused-ring (bicyclic) bond motifs is 1. The third kappa shape index (κ3) is 2.91. The highest BCUT2D eigenvalue weighted by Crippen LogP contribution is 2.22. The van der Waals surface area contributed by atoms with E-state index in [0.29, 0.717) is 17.3 Å². The second-order valence-corrected chi connectivity index (χ2v) is 4.46. The van der Waals surface area contributed by atoms with E-state index < -0.39 is 0 Å². The molecule has 0 bridgehead atoms. The van der Waals surface area contributed by atoms with Crippen molar-refractivity contribution in [3.8, 4) is 0 Å². The van der Waals surface area contributed by atoms with Gasteiger partial charge in [0.05, 0.1) is 6.54 Å². The summed E-state index contributed by atoms with van der Waals surface area (Å²) in [5.41, 5.74) is 2.95. The molecule has 1 amide bonds. The number of carbonyl (C=O) groups is 1. The summed E-state index contributed by atoms with van der Waals surface area (Å²) >= 11 is 0. The third-order valence-electron chi connectivity index (χ3n) is 3.05. The maximum absolute atomic E-state index is 12.0. The van der Waals surface area contributed by atoms with Gasteiger partial charge in [0.25, 0.3) is 5.91 Å². The van der Waals surface area contributed by atoms with Crippen molar-refractivity contribution < 1.29 is 9.32 Å². The van der Waals surface area contributed by atoms with Crippen molar-refractivity contribution in [2.24, 2.45) is 0 Å². The normalized spacial score (nSPS) is 12.2. The molecule has 0 aliphatic carbocycles. The topological polar surface area (TPSA) is 80.0 Å². The highest BCUT2D eigenvalue weighted by Gasteiger charge is 2.13. The molecule has 0 spiro atoms. The van der Waals surface area contributed by atoms with Crippen LogP contribution in [-0.2, 0) is 13.0 Å². The lowest BCUT2D eigenvalue weighted by atomic mass is 10.1. The monoisotopic (exact) mass is 294 g/mol. The standard InChI is InChI=1S/C13H14N4O2.ClH/c1-8-16-12(17-19-8)7-15-13(18)10-2-3-11-9(6-10)4-5-14-11;/h2-3,6,14H,4-5,7H2,1H3,(H,15,18);1H. The van der Waals surface area contributed by atoms with Crippen molar-refractivity contribution in [2.75, 3.05) is 11.9 Å². The number of rotatable bonds is 3. The van der Waals surface area contributed by atoms with Crippen LogP contribution in [0.15, 0.2) is 22.7 Å². The Balaban J connectivity index is 0.00000147. The van der Waals surface area contributed by atoms with Crippen molar-refractivity contribution in [1.29, 1.82) is 0 Å². The minimum Gasteiger partial charge on any atom is -0.384 e. The van der Waals surface area contributed by atoms with Gasteiger partial charge in [-0.2, -0.15) is 4.98 Å². The SMILES string of the molecule is Cc1nc(CNC(=O)c2ccc3c(c2)CCN3)no1.Cl. The molecule has 7 heteroatoms. The fourth-order valence-corrected chi connectivity index (χ4v) is 2.12. The van der Waals surface area contributed by atoms with Gasteiger partial charge in [-0.05, 0) is 30.2 Å². The van der Waals surface area contributed by atoms with Crippen LogP contribution in [0, 0.1) is 6.92 Å². The summed E-state index contributed by atoms with van der Waals surface area (Å²) in [4.78, 5) is 16.0. The van der Waals surface area contributed by atoms with Crippen LogP contribution < -0.4 is 10.6 Å². The number of anilines is 1. The predicted octanol–water partition coefficient (Wildman–Crippen LogP) is 1.70. The Bertz CT molecular complexity index is 627. The smallest absolute Gasteiger partial charge is 0.251 e. The summed E-state index contributed by atoms with van der Waals surface area (Å²) in [6, 6.07) is 5.68. The number of aromatic nitrogens is 2. The van der Waals surface area contributed by atoms with Gasteiger partial charge in [-0.25, -0.2) is 0 Å². The minimum absolute atomic E-state index is 0. The maximum Gasteiger partial charge on any atom is 0.251 e. The number of halogens is 1. The highest BCUT2D eigenvalue weighted by atomic mass is 35.5. The van der Waals surface area contributed by atoms with E-state index >= 15 is 0 Å². The molecule has 6 nitrogen and oxygen atoms in total. The van der Waals surface area contributed by atoms with Crippen LogP contribution in [0.1, 0.15) is 27.6 Å². The first-order chi connectivity index (χ1) is 9.22. The summed E-state index contributed by atoms with van der Waals surface area (Å²) in [6.07, 6.45) is 0.959. The molecular formula is C13H15ClN4O2. The van der Waals surface area contributed by atoms with Crippen LogP contribution >= 0.6 is 12.4 Å². The van der Waals surface area contributed by atoms with Gasteiger partial charge in [0.1, 0.15) is 0 Å². The van der Waals surface area contributed by atoms with Crippen LogP contribution in [0.2, 0.25) is 0 Å². The lowest BCUT2D eigenvalue weighted by molar-refractivity contribution is 0.0949. The maximum atomic E-state index is 12.0. The second-order valence-electron chi connectivity index (χ2n) is 4.46. The van der Waals surface area contributed by atoms with Gasteiger partial charge in [0, 0.05) is 24.7 Å². The van der Waals surface area contributed by atoms with Gasteiger partial charge in [-0.3, -0.25) is 4.79 Å². The molecule has 2 heterocycles. The largest absolute Gasteiger partial charge is 0.384 e. The zero-order valence-electron chi connectivity index (χ0n) is 11.0. The van der Waals surface area contributed by atoms with Crippen molar-refractivity contribution in [3.63, 3.8) is 0 Å². The number of nitrogens with zero attached hydrogens (tertiary/aromatic N) is 2. The molecule has 1 aromatic heterocycles. The van der Waals surface area contributed by atoms with Crippen LogP contribution in [0.3, 0.4) is 0 Å². The fourth-order valence-electron chi connectivity index (χ4n) is 2.12. The molecule has 1 aliphatic heterocycles. The van der Waals surface area contributed by atoms with E-state index in [1.54, 1.807) is 6.92 Å². The Kier molecular flexibility index (Phi) is 4.24. The first kappa shape index (κ1) is 14.3. The van der Waals surface area contributed by atoms with Gasteiger partial charge >= 0.3 is 0 Å². The molecule has 2 aromatic rings. The molecular weight excluding hydrogens is 280 g/mol. The molecule has 0 radical (unpaired) electrons. The number of carbonyl (C=O) groups excluding carboxylic acids is 1. The van der Waals surface area contributed by atoms with E-state index in [2.05, 4.69) is 20.8 Å². The molecule has 0 fully saturated rings. The Morgan fingerprint density at radius 2 is 2.35 bits per heavy atom. The van der Waals surface area contributed by atoms with Gasteiger partial charge in [0.15, 0.2) is 5.82 Å². The number of hydrogen-bond acceptors (Lipinski definition) is 5. The highest BCUT2D eigenvalue weighted by molar-refractivity contribution is 5.95. The number of benzene rings is 1. The molecule has 0 atom stereocenters. The molecule has 0 unspecified atom stereocenters. The quantitative estimate of drug-likeness (QED) is 0.900. The van der Waals surface area contributed by atoms with E-state index in [-0.39, 0.29) is 24.9 Å². The lowest BCUT2D eigenvalue weighted by Gasteiger charge is -2.05. The van der Waals surface area contributed by atoms with E-state index in [0.717, 1.165) is 18.7 Å². The van der Waals surface area contributed by atoms with E-state index in [1.165, 1.54) is 5.56 Å². The summed E-state index contributed by atoms with van der Waals surface area (Å²) in [7, 11) is 0. The molecule has 1 aromatic carbocycles. The molecule has 1 aliphatic rings. The van der Waals surface area contributed by atoms with Crippen molar-refractivity contribution in [1.82, 2.24) is 15.5 Å². The Morgan fingerprint density at radius 3 is 3.10 bits per heavy atom. The van der Waals surface area contributed by atoms with Crippen LogP contribution in [0.4, 0.5) is 5.69 Å². The van der Waals surface area contributed by atoms with Gasteiger partial charge in [-0.1, -0.05) is 5.16 Å². The number of hydrogen-bond donors (Lipinski definition) is 2. The zero-order chi connectivity index (χ0) is 13.2. The zero-order valence-corrected chi connectivity index (χ0v) is 11.8. The predicted molar refractivity (Wildman–Crippen MR) is 76.1 cm³/mol. The number of aryl methyl sites for hydroxylation is 1. The molecule has 0 saturated heterocycles. The van der Waals surface area contributed by atoms with Crippen LogP contribution in [0.5, 0.6) is 0 Å². The van der Waals surface area contributed by atoms with Crippen LogP contribution in [-0.4, -0.2) is 22.6 Å². The number of nitrogens with one attached hydrogen (secondary N) is 2. The molecule has 3 rings (SSSR count). The number of amides is 1. The van der Waals surface area contributed by atoms with E-state index in [1.807, 2.05) is 18.2 Å². The molecule has 2 N–H and O–H groups in total. The van der Waals surface area contributed by atoms with Crippen molar-refractivity contribution >= 4 is 24.0 Å². The molecule has 0 saturated carbocycles. The second kappa shape index (κ2) is 5.92. The lowest BCUT2D eigenvalue weighted by Crippen LogP contribution is -2.23. The van der Waals surface area contributed by atoms with Crippen molar-refractivity contribution in [3.05, 3.63) is 41.0 Å². The molecule has 106 valence electrons. The summed E-state index contributed by atoms with van der Waals surface area (Å²) in [5, 5.41) is 9.77. The first-order valence-corrected chi connectivity index (χ1v) is 6.16. The average molecular weight is 295 g/mol. The van der Waals surface area contributed by atoms with Gasteiger partial charge in [-0.15, -0.1) is 12.4 Å². The van der Waals surface area contributed by atoms with E-state index in [9.17, 15) is 4.79 Å². The summed E-state index contributed by atoms with van der Waals surface area (Å²) in [5.74, 6) is 0.846. The van der Waals surface area contributed by atoms with E-state index in [4.69, 9.17) is 4.52 Å². The molecule has 20 heavy (non-hydrogen) atoms. The minimum atomic E-state index is -0.128. The van der Waals surface area contributed by atoms with Crippen molar-refractivity contribution in [2.45, 2.75) is 19.9 Å².